The fourth-order valence-electron chi connectivity index (χ4n) is 3.28. The van der Waals surface area contributed by atoms with Crippen molar-refractivity contribution in [3.63, 3.8) is 0 Å². The lowest BCUT2D eigenvalue weighted by Gasteiger charge is -2.20. The molecule has 31 heavy (non-hydrogen) atoms. The van der Waals surface area contributed by atoms with Crippen LogP contribution in [0.5, 0.6) is 0 Å². The second kappa shape index (κ2) is 8.06. The van der Waals surface area contributed by atoms with Gasteiger partial charge in [0, 0.05) is 23.5 Å². The highest BCUT2D eigenvalue weighted by Crippen LogP contribution is 2.31. The average molecular weight is 433 g/mol. The molecule has 0 aliphatic heterocycles. The Morgan fingerprint density at radius 3 is 2.55 bits per heavy atom. The van der Waals surface area contributed by atoms with Crippen molar-refractivity contribution in [1.82, 2.24) is 14.1 Å². The Bertz CT molecular complexity index is 1350. The van der Waals surface area contributed by atoms with Gasteiger partial charge in [-0.25, -0.2) is 18.3 Å². The van der Waals surface area contributed by atoms with Crippen molar-refractivity contribution in [2.24, 2.45) is 0 Å². The van der Waals surface area contributed by atoms with E-state index in [9.17, 15) is 4.21 Å². The first-order chi connectivity index (χ1) is 14.7. The molecule has 0 amide bonds. The number of aromatic nitrogens is 2. The third kappa shape index (κ3) is 4.41. The van der Waals surface area contributed by atoms with E-state index in [4.69, 9.17) is 5.26 Å². The second-order valence-corrected chi connectivity index (χ2v) is 9.41. The lowest BCUT2D eigenvalue weighted by Crippen LogP contribution is -2.37. The summed E-state index contributed by atoms with van der Waals surface area (Å²) < 4.78 is 32.7. The Hall–Kier alpha value is -3.34. The summed E-state index contributed by atoms with van der Waals surface area (Å²) in [5.74, 6) is -0.425. The minimum Gasteiger partial charge on any atom is -0.305 e. The second-order valence-electron chi connectivity index (χ2n) is 8.23. The molecule has 4 aromatic rings. The number of nitrogens with one attached hydrogen (secondary N) is 1. The maximum atomic E-state index is 15.1. The fourth-order valence-corrected chi connectivity index (χ4v) is 4.53. The van der Waals surface area contributed by atoms with Crippen molar-refractivity contribution in [1.29, 1.82) is 5.26 Å². The van der Waals surface area contributed by atoms with E-state index in [0.717, 1.165) is 0 Å². The van der Waals surface area contributed by atoms with Crippen molar-refractivity contribution in [3.8, 4) is 28.5 Å². The number of pyridine rings is 1. The van der Waals surface area contributed by atoms with Gasteiger partial charge >= 0.3 is 0 Å². The Labute approximate surface area is 182 Å². The highest BCUT2D eigenvalue weighted by atomic mass is 32.2. The number of rotatable bonds is 4. The van der Waals surface area contributed by atoms with Crippen LogP contribution in [0.3, 0.4) is 0 Å². The molecule has 2 heterocycles. The largest absolute Gasteiger partial charge is 0.305 e. The Morgan fingerprint density at radius 2 is 1.84 bits per heavy atom. The quantitative estimate of drug-likeness (QED) is 0.488. The summed E-state index contributed by atoms with van der Waals surface area (Å²) in [6.07, 6.45) is 3.36. The summed E-state index contributed by atoms with van der Waals surface area (Å²) in [6, 6.07) is 17.7. The first-order valence-electron chi connectivity index (χ1n) is 9.73. The topological polar surface area (TPSA) is 70.2 Å². The van der Waals surface area contributed by atoms with Gasteiger partial charge in [-0.1, -0.05) is 24.3 Å². The fraction of sp³-hybridized carbons (Fsp3) is 0.167. The maximum absolute atomic E-state index is 15.1. The van der Waals surface area contributed by atoms with Crippen LogP contribution < -0.4 is 4.72 Å². The molecule has 0 fully saturated rings. The van der Waals surface area contributed by atoms with Gasteiger partial charge in [-0.15, -0.1) is 0 Å². The van der Waals surface area contributed by atoms with E-state index in [1.54, 1.807) is 47.1 Å². The summed E-state index contributed by atoms with van der Waals surface area (Å²) in [5.41, 5.74) is 2.98. The molecule has 2 aromatic heterocycles. The number of imidazole rings is 1. The standard InChI is InChI=1S/C24H21FN4OS/c1-24(2,3)28-31(30)22-7-5-4-6-18(22)17-9-10-19(20(25)12-17)21-15-29-14-16(13-26)8-11-23(29)27-21/h4-12,14-15,28H,1-3H3. The molecular weight excluding hydrogens is 411 g/mol. The lowest BCUT2D eigenvalue weighted by atomic mass is 10.0. The molecule has 0 aliphatic carbocycles. The molecule has 0 saturated heterocycles. The molecule has 1 unspecified atom stereocenters. The van der Waals surface area contributed by atoms with Crippen LogP contribution in [-0.2, 0) is 11.0 Å². The molecule has 1 N–H and O–H groups in total. The summed E-state index contributed by atoms with van der Waals surface area (Å²) >= 11 is 0. The summed E-state index contributed by atoms with van der Waals surface area (Å²) in [6.45, 7) is 5.82. The SMILES string of the molecule is CC(C)(C)NS(=O)c1ccccc1-c1ccc(-c2cn3cc(C#N)ccc3n2)c(F)c1. The van der Waals surface area contributed by atoms with Crippen LogP contribution in [0, 0.1) is 17.1 Å². The van der Waals surface area contributed by atoms with Gasteiger partial charge in [0.2, 0.25) is 0 Å². The van der Waals surface area contributed by atoms with Crippen molar-refractivity contribution in [3.05, 3.63) is 78.4 Å². The predicted molar refractivity (Wildman–Crippen MR) is 120 cm³/mol. The maximum Gasteiger partial charge on any atom is 0.137 e. The Morgan fingerprint density at radius 1 is 1.06 bits per heavy atom. The monoisotopic (exact) mass is 432 g/mol. The van der Waals surface area contributed by atoms with Crippen LogP contribution in [0.15, 0.2) is 71.9 Å². The zero-order valence-corrected chi connectivity index (χ0v) is 18.2. The number of nitrogens with zero attached hydrogens (tertiary/aromatic N) is 3. The van der Waals surface area contributed by atoms with Gasteiger partial charge in [0.25, 0.3) is 0 Å². The first-order valence-corrected chi connectivity index (χ1v) is 10.9. The molecule has 7 heteroatoms. The minimum atomic E-state index is -1.44. The Balaban J connectivity index is 1.72. The van der Waals surface area contributed by atoms with Gasteiger partial charge < -0.3 is 4.40 Å². The zero-order chi connectivity index (χ0) is 22.2. The molecule has 156 valence electrons. The van der Waals surface area contributed by atoms with E-state index in [-0.39, 0.29) is 5.54 Å². The molecule has 2 aromatic carbocycles. The van der Waals surface area contributed by atoms with Crippen LogP contribution in [0.25, 0.3) is 28.0 Å². The number of nitriles is 1. The number of fused-ring (bicyclic) bond motifs is 1. The average Bonchev–Trinajstić information content (AvgIpc) is 3.15. The summed E-state index contributed by atoms with van der Waals surface area (Å²) in [7, 11) is -1.44. The van der Waals surface area contributed by atoms with Gasteiger partial charge in [-0.2, -0.15) is 5.26 Å². The third-order valence-corrected chi connectivity index (χ3v) is 6.18. The third-order valence-electron chi connectivity index (χ3n) is 4.62. The number of hydrogen-bond donors (Lipinski definition) is 1. The molecule has 0 bridgehead atoms. The van der Waals surface area contributed by atoms with Crippen LogP contribution >= 0.6 is 0 Å². The van der Waals surface area contributed by atoms with Gasteiger partial charge in [0.15, 0.2) is 0 Å². The van der Waals surface area contributed by atoms with E-state index in [0.29, 0.717) is 38.5 Å². The smallest absolute Gasteiger partial charge is 0.137 e. The van der Waals surface area contributed by atoms with Gasteiger partial charge in [0.1, 0.15) is 28.5 Å². The van der Waals surface area contributed by atoms with Gasteiger partial charge in [-0.3, -0.25) is 0 Å². The minimum absolute atomic E-state index is 0.332. The Kier molecular flexibility index (Phi) is 5.44. The first kappa shape index (κ1) is 20.9. The normalized spacial score (nSPS) is 12.6. The van der Waals surface area contributed by atoms with Crippen molar-refractivity contribution >= 4 is 16.6 Å². The molecule has 0 aliphatic rings. The number of benzene rings is 2. The van der Waals surface area contributed by atoms with Crippen LogP contribution in [-0.4, -0.2) is 19.1 Å². The van der Waals surface area contributed by atoms with Gasteiger partial charge in [0.05, 0.1) is 16.2 Å². The van der Waals surface area contributed by atoms with E-state index < -0.39 is 16.8 Å². The van der Waals surface area contributed by atoms with E-state index >= 15 is 4.39 Å². The summed E-state index contributed by atoms with van der Waals surface area (Å²) in [5, 5.41) is 9.06. The predicted octanol–water partition coefficient (Wildman–Crippen LogP) is 5.09. The van der Waals surface area contributed by atoms with Crippen molar-refractivity contribution in [2.45, 2.75) is 31.2 Å². The molecule has 0 spiro atoms. The van der Waals surface area contributed by atoms with E-state index in [2.05, 4.69) is 15.8 Å². The van der Waals surface area contributed by atoms with Crippen LogP contribution in [0.1, 0.15) is 26.3 Å². The lowest BCUT2D eigenvalue weighted by molar-refractivity contribution is 0.519. The number of halogens is 1. The molecular formula is C24H21FN4OS. The molecule has 1 atom stereocenters. The summed E-state index contributed by atoms with van der Waals surface area (Å²) in [4.78, 5) is 5.06. The molecule has 0 saturated carbocycles. The van der Waals surface area contributed by atoms with Crippen LogP contribution in [0.4, 0.5) is 4.39 Å². The highest BCUT2D eigenvalue weighted by Gasteiger charge is 2.19. The molecule has 4 rings (SSSR count). The van der Waals surface area contributed by atoms with E-state index in [1.165, 1.54) is 6.07 Å². The van der Waals surface area contributed by atoms with Gasteiger partial charge in [-0.05, 0) is 62.2 Å². The van der Waals surface area contributed by atoms with Crippen LogP contribution in [0.2, 0.25) is 0 Å². The highest BCUT2D eigenvalue weighted by molar-refractivity contribution is 7.83. The molecule has 5 nitrogen and oxygen atoms in total. The van der Waals surface area contributed by atoms with E-state index in [1.807, 2.05) is 39.0 Å². The zero-order valence-electron chi connectivity index (χ0n) is 17.4. The van der Waals surface area contributed by atoms with Crippen molar-refractivity contribution < 1.29 is 8.60 Å². The number of hydrogen-bond acceptors (Lipinski definition) is 3. The van der Waals surface area contributed by atoms with Crippen molar-refractivity contribution in [2.75, 3.05) is 0 Å². The molecule has 0 radical (unpaired) electrons.